The summed E-state index contributed by atoms with van der Waals surface area (Å²) in [5.74, 6) is -0.208. The van der Waals surface area contributed by atoms with E-state index in [0.29, 0.717) is 30.8 Å². The van der Waals surface area contributed by atoms with Crippen LogP contribution in [-0.2, 0) is 14.8 Å². The Morgan fingerprint density at radius 1 is 1.33 bits per heavy atom. The highest BCUT2D eigenvalue weighted by Crippen LogP contribution is 2.24. The van der Waals surface area contributed by atoms with E-state index in [0.717, 1.165) is 0 Å². The molecule has 98 valence electrons. The van der Waals surface area contributed by atoms with Crippen molar-refractivity contribution in [2.45, 2.75) is 13.3 Å². The summed E-state index contributed by atoms with van der Waals surface area (Å²) in [6.45, 7) is 2.56. The van der Waals surface area contributed by atoms with Gasteiger partial charge in [-0.1, -0.05) is 0 Å². The summed E-state index contributed by atoms with van der Waals surface area (Å²) in [5, 5.41) is 0. The molecule has 1 aromatic rings. The maximum Gasteiger partial charge on any atom is 0.338 e. The lowest BCUT2D eigenvalue weighted by Crippen LogP contribution is -2.25. The number of rotatable bonds is 3. The van der Waals surface area contributed by atoms with Crippen LogP contribution in [0.3, 0.4) is 0 Å². The molecular weight excluding hydrogens is 254 g/mol. The van der Waals surface area contributed by atoms with E-state index >= 15 is 0 Å². The molecule has 0 N–H and O–H groups in total. The summed E-state index contributed by atoms with van der Waals surface area (Å²) < 4.78 is 29.7. The zero-order valence-corrected chi connectivity index (χ0v) is 10.9. The maximum atomic E-state index is 11.7. The van der Waals surface area contributed by atoms with E-state index in [4.69, 9.17) is 4.74 Å². The second kappa shape index (κ2) is 4.97. The number of hydrogen-bond donors (Lipinski definition) is 0. The van der Waals surface area contributed by atoms with Crippen molar-refractivity contribution in [2.75, 3.05) is 23.2 Å². The molecule has 0 aliphatic carbocycles. The van der Waals surface area contributed by atoms with Crippen LogP contribution in [0.15, 0.2) is 24.3 Å². The number of carbonyl (C=O) groups excluding carboxylic acids is 1. The van der Waals surface area contributed by atoms with Crippen molar-refractivity contribution in [3.05, 3.63) is 29.8 Å². The van der Waals surface area contributed by atoms with Gasteiger partial charge < -0.3 is 4.74 Å². The van der Waals surface area contributed by atoms with Crippen LogP contribution in [0, 0.1) is 0 Å². The van der Waals surface area contributed by atoms with Crippen LogP contribution in [0.25, 0.3) is 0 Å². The fourth-order valence-electron chi connectivity index (χ4n) is 1.91. The quantitative estimate of drug-likeness (QED) is 0.778. The Labute approximate surface area is 106 Å². The molecule has 0 atom stereocenters. The molecule has 1 aromatic carbocycles. The van der Waals surface area contributed by atoms with Crippen LogP contribution in [0.2, 0.25) is 0 Å². The minimum Gasteiger partial charge on any atom is -0.462 e. The monoisotopic (exact) mass is 269 g/mol. The number of benzene rings is 1. The highest BCUT2D eigenvalue weighted by atomic mass is 32.2. The first-order valence-electron chi connectivity index (χ1n) is 5.82. The summed E-state index contributed by atoms with van der Waals surface area (Å²) in [4.78, 5) is 11.5. The summed E-state index contributed by atoms with van der Waals surface area (Å²) >= 11 is 0. The molecule has 1 aliphatic rings. The Kier molecular flexibility index (Phi) is 3.56. The van der Waals surface area contributed by atoms with E-state index in [-0.39, 0.29) is 5.75 Å². The zero-order chi connectivity index (χ0) is 13.2. The average molecular weight is 269 g/mol. The van der Waals surface area contributed by atoms with Crippen molar-refractivity contribution in [1.82, 2.24) is 0 Å². The summed E-state index contributed by atoms with van der Waals surface area (Å²) in [6.07, 6.45) is 0.641. The van der Waals surface area contributed by atoms with Gasteiger partial charge in [0.15, 0.2) is 0 Å². The van der Waals surface area contributed by atoms with E-state index in [2.05, 4.69) is 0 Å². The number of ether oxygens (including phenoxy) is 1. The molecule has 1 fully saturated rings. The van der Waals surface area contributed by atoms with Gasteiger partial charge in [0, 0.05) is 6.54 Å². The summed E-state index contributed by atoms with van der Waals surface area (Å²) in [6, 6.07) is 6.44. The normalized spacial score (nSPS) is 17.7. The predicted octanol–water partition coefficient (Wildman–Crippen LogP) is 1.40. The minimum absolute atomic E-state index is 0.187. The highest BCUT2D eigenvalue weighted by molar-refractivity contribution is 7.93. The van der Waals surface area contributed by atoms with Crippen molar-refractivity contribution in [1.29, 1.82) is 0 Å². The second-order valence-electron chi connectivity index (χ2n) is 4.01. The molecule has 0 spiro atoms. The molecule has 0 unspecified atom stereocenters. The van der Waals surface area contributed by atoms with Crippen molar-refractivity contribution in [2.24, 2.45) is 0 Å². The fourth-order valence-corrected chi connectivity index (χ4v) is 3.47. The molecule has 1 aliphatic heterocycles. The molecule has 0 saturated carbocycles. The number of nitrogens with zero attached hydrogens (tertiary/aromatic N) is 1. The lowest BCUT2D eigenvalue weighted by molar-refractivity contribution is 0.0526. The van der Waals surface area contributed by atoms with Crippen LogP contribution in [0.4, 0.5) is 5.69 Å². The predicted molar refractivity (Wildman–Crippen MR) is 68.1 cm³/mol. The van der Waals surface area contributed by atoms with E-state index < -0.39 is 16.0 Å². The zero-order valence-electron chi connectivity index (χ0n) is 10.1. The van der Waals surface area contributed by atoms with E-state index in [1.807, 2.05) is 0 Å². The van der Waals surface area contributed by atoms with Gasteiger partial charge in [0.2, 0.25) is 10.0 Å². The smallest absolute Gasteiger partial charge is 0.338 e. The van der Waals surface area contributed by atoms with Gasteiger partial charge in [0.1, 0.15) is 0 Å². The number of anilines is 1. The molecule has 1 saturated heterocycles. The lowest BCUT2D eigenvalue weighted by Gasteiger charge is -2.16. The van der Waals surface area contributed by atoms with Crippen molar-refractivity contribution >= 4 is 21.7 Å². The first-order chi connectivity index (χ1) is 8.54. The van der Waals surface area contributed by atoms with Gasteiger partial charge in [-0.2, -0.15) is 0 Å². The topological polar surface area (TPSA) is 63.7 Å². The molecule has 0 amide bonds. The summed E-state index contributed by atoms with van der Waals surface area (Å²) in [5.41, 5.74) is 1.03. The van der Waals surface area contributed by atoms with Gasteiger partial charge in [0.05, 0.1) is 23.6 Å². The second-order valence-corrected chi connectivity index (χ2v) is 6.02. The number of hydrogen-bond acceptors (Lipinski definition) is 4. The molecule has 1 heterocycles. The first-order valence-corrected chi connectivity index (χ1v) is 7.43. The van der Waals surface area contributed by atoms with Gasteiger partial charge in [0.25, 0.3) is 0 Å². The molecule has 18 heavy (non-hydrogen) atoms. The van der Waals surface area contributed by atoms with Crippen LogP contribution in [-0.4, -0.2) is 33.3 Å². The lowest BCUT2D eigenvalue weighted by atomic mass is 10.2. The van der Waals surface area contributed by atoms with Crippen LogP contribution in [0.5, 0.6) is 0 Å². The van der Waals surface area contributed by atoms with Gasteiger partial charge >= 0.3 is 5.97 Å². The Hall–Kier alpha value is -1.56. The van der Waals surface area contributed by atoms with Crippen molar-refractivity contribution in [3.63, 3.8) is 0 Å². The molecular formula is C12H15NO4S. The Bertz CT molecular complexity index is 536. The van der Waals surface area contributed by atoms with Gasteiger partial charge in [-0.05, 0) is 37.6 Å². The molecule has 6 heteroatoms. The highest BCUT2D eigenvalue weighted by Gasteiger charge is 2.28. The van der Waals surface area contributed by atoms with Gasteiger partial charge in [-0.25, -0.2) is 13.2 Å². The molecule has 2 rings (SSSR count). The van der Waals surface area contributed by atoms with E-state index in [1.54, 1.807) is 31.2 Å². The molecule has 0 radical (unpaired) electrons. The Morgan fingerprint density at radius 2 is 2.00 bits per heavy atom. The average Bonchev–Trinajstić information content (AvgIpc) is 2.69. The van der Waals surface area contributed by atoms with E-state index in [9.17, 15) is 13.2 Å². The third-order valence-electron chi connectivity index (χ3n) is 2.77. The van der Waals surface area contributed by atoms with E-state index in [1.165, 1.54) is 4.31 Å². The standard InChI is InChI=1S/C12H15NO4S/c1-2-17-12(14)10-4-6-11(7-5-10)13-8-3-9-18(13,15)16/h4-7H,2-3,8-9H2,1H3. The first kappa shape index (κ1) is 12.9. The van der Waals surface area contributed by atoms with Crippen LogP contribution < -0.4 is 4.31 Å². The number of sulfonamides is 1. The van der Waals surface area contributed by atoms with Crippen molar-refractivity contribution in [3.8, 4) is 0 Å². The molecule has 0 bridgehead atoms. The molecule has 0 aromatic heterocycles. The fraction of sp³-hybridized carbons (Fsp3) is 0.417. The van der Waals surface area contributed by atoms with Gasteiger partial charge in [-0.15, -0.1) is 0 Å². The molecule has 5 nitrogen and oxygen atoms in total. The van der Waals surface area contributed by atoms with Crippen LogP contribution in [0.1, 0.15) is 23.7 Å². The SMILES string of the molecule is CCOC(=O)c1ccc(N2CCCS2(=O)=O)cc1. The van der Waals surface area contributed by atoms with Crippen molar-refractivity contribution < 1.29 is 17.9 Å². The minimum atomic E-state index is -3.17. The third-order valence-corrected chi connectivity index (χ3v) is 4.64. The Morgan fingerprint density at radius 3 is 2.50 bits per heavy atom. The Balaban J connectivity index is 2.20. The number of esters is 1. The number of carbonyl (C=O) groups is 1. The van der Waals surface area contributed by atoms with Crippen LogP contribution >= 0.6 is 0 Å². The largest absolute Gasteiger partial charge is 0.462 e. The summed E-state index contributed by atoms with van der Waals surface area (Å²) in [7, 11) is -3.17. The maximum absolute atomic E-state index is 11.7. The van der Waals surface area contributed by atoms with Gasteiger partial charge in [-0.3, -0.25) is 4.31 Å². The third kappa shape index (κ3) is 2.48.